The second-order valence-corrected chi connectivity index (χ2v) is 2.35. The minimum atomic E-state index is 0.206. The SMILES string of the molecule is C=C[C](=O)[K]. The van der Waals surface area contributed by atoms with E-state index in [1.807, 2.05) is 0 Å². The Bertz CT molecular complexity index is 57.9. The summed E-state index contributed by atoms with van der Waals surface area (Å²) < 4.78 is 0.206. The van der Waals surface area contributed by atoms with Crippen LogP contribution in [0.4, 0.5) is 0 Å². The standard InChI is InChI=1S/C3H3O.K/c1-2-3-4;/h2H,1H2;. The zero-order valence-electron chi connectivity index (χ0n) is 3.19. The van der Waals surface area contributed by atoms with Gasteiger partial charge in [-0.25, -0.2) is 0 Å². The Morgan fingerprint density at radius 2 is 2.20 bits per heavy atom. The van der Waals surface area contributed by atoms with Crippen LogP contribution in [-0.4, -0.2) is 48.8 Å². The van der Waals surface area contributed by atoms with Crippen molar-refractivity contribution in [1.29, 1.82) is 0 Å². The average molecular weight is 94.2 g/mol. The molecule has 0 aliphatic rings. The van der Waals surface area contributed by atoms with Gasteiger partial charge in [-0.2, -0.15) is 0 Å². The van der Waals surface area contributed by atoms with Crippen molar-refractivity contribution in [3.63, 3.8) is 0 Å². The number of allylic oxidation sites excluding steroid dienone is 1. The van der Waals surface area contributed by atoms with Crippen LogP contribution in [0.2, 0.25) is 0 Å². The van der Waals surface area contributed by atoms with Crippen molar-refractivity contribution >= 4 is 48.8 Å². The van der Waals surface area contributed by atoms with E-state index < -0.39 is 0 Å². The molecule has 1 nitrogen and oxygen atoms in total. The van der Waals surface area contributed by atoms with Crippen LogP contribution in [0.25, 0.3) is 0 Å². The van der Waals surface area contributed by atoms with Crippen molar-refractivity contribution in [2.45, 2.75) is 0 Å². The minimum absolute atomic E-state index is 0.206. The second kappa shape index (κ2) is 3.24. The quantitative estimate of drug-likeness (QED) is 0.327. The van der Waals surface area contributed by atoms with Gasteiger partial charge in [0.15, 0.2) is 0 Å². The van der Waals surface area contributed by atoms with Crippen LogP contribution >= 0.6 is 0 Å². The zero-order chi connectivity index (χ0) is 4.28. The first-order chi connectivity index (χ1) is 2.27. The topological polar surface area (TPSA) is 17.1 Å². The third-order valence-corrected chi connectivity index (χ3v) is 0.925. The van der Waals surface area contributed by atoms with Gasteiger partial charge in [0, 0.05) is 0 Å². The molecular weight excluding hydrogens is 91.1 g/mol. The summed E-state index contributed by atoms with van der Waals surface area (Å²) in [5.41, 5.74) is 0. The van der Waals surface area contributed by atoms with E-state index in [-0.39, 0.29) is -0.122 Å². The maximum atomic E-state index is 9.78. The van der Waals surface area contributed by atoms with Crippen LogP contribution in [0.15, 0.2) is 12.7 Å². The fourth-order valence-corrected chi connectivity index (χ4v) is 0. The third kappa shape index (κ3) is 5.05. The molecule has 0 spiro atoms. The van der Waals surface area contributed by atoms with Crippen molar-refractivity contribution in [2.24, 2.45) is 0 Å². The van der Waals surface area contributed by atoms with E-state index in [1.54, 1.807) is 0 Å². The Kier molecular flexibility index (Phi) is 3.92. The van der Waals surface area contributed by atoms with Crippen LogP contribution in [0.3, 0.4) is 0 Å². The van der Waals surface area contributed by atoms with Gasteiger partial charge >= 0.3 is 66.3 Å². The monoisotopic (exact) mass is 94.0 g/mol. The summed E-state index contributed by atoms with van der Waals surface area (Å²) >= 11 is 0.314. The molecule has 2 heteroatoms. The molecule has 0 aliphatic heterocycles. The summed E-state index contributed by atoms with van der Waals surface area (Å²) in [4.78, 5) is 9.78. The maximum absolute atomic E-state index is 9.78. The number of hydrogen-bond acceptors (Lipinski definition) is 1. The van der Waals surface area contributed by atoms with Crippen molar-refractivity contribution in [3.8, 4) is 0 Å². The number of rotatable bonds is 1. The Morgan fingerprint density at radius 3 is 2.20 bits per heavy atom. The molecule has 0 saturated heterocycles. The Labute approximate surface area is 65.0 Å². The van der Waals surface area contributed by atoms with Gasteiger partial charge in [0.05, 0.1) is 0 Å². The first-order valence-electron chi connectivity index (χ1n) is 1.40. The average Bonchev–Trinajstić information content (AvgIpc) is 1.38. The van der Waals surface area contributed by atoms with E-state index in [9.17, 15) is 4.79 Å². The summed E-state index contributed by atoms with van der Waals surface area (Å²) in [5, 5.41) is 0. The van der Waals surface area contributed by atoms with Crippen LogP contribution in [-0.2, 0) is 4.79 Å². The van der Waals surface area contributed by atoms with E-state index in [4.69, 9.17) is 0 Å². The number of carbonyl (C=O) groups excluding carboxylic acids is 1. The fourth-order valence-electron chi connectivity index (χ4n) is 0. The van der Waals surface area contributed by atoms with Crippen LogP contribution in [0.5, 0.6) is 0 Å². The summed E-state index contributed by atoms with van der Waals surface area (Å²) in [6, 6.07) is 0. The normalized spacial score (nSPS) is 6.80. The molecule has 0 rings (SSSR count). The number of carbonyl (C=O) groups is 1. The summed E-state index contributed by atoms with van der Waals surface area (Å²) in [6.07, 6.45) is 1.36. The van der Waals surface area contributed by atoms with Gasteiger partial charge in [-0.1, -0.05) is 0 Å². The molecule has 0 aromatic carbocycles. The van der Waals surface area contributed by atoms with Gasteiger partial charge in [-0.15, -0.1) is 0 Å². The summed E-state index contributed by atoms with van der Waals surface area (Å²) in [6.45, 7) is 3.26. The molecule has 0 saturated carbocycles. The van der Waals surface area contributed by atoms with Crippen LogP contribution in [0.1, 0.15) is 0 Å². The number of hydrogen-bond donors (Lipinski definition) is 0. The van der Waals surface area contributed by atoms with Gasteiger partial charge in [0.1, 0.15) is 0 Å². The van der Waals surface area contributed by atoms with Gasteiger partial charge in [-0.3, -0.25) is 0 Å². The molecule has 22 valence electrons. The van der Waals surface area contributed by atoms with Gasteiger partial charge < -0.3 is 0 Å². The van der Waals surface area contributed by atoms with Gasteiger partial charge in [0.2, 0.25) is 0 Å². The van der Waals surface area contributed by atoms with E-state index in [0.29, 0.717) is 49.0 Å². The van der Waals surface area contributed by atoms with E-state index in [1.165, 1.54) is 6.08 Å². The van der Waals surface area contributed by atoms with E-state index in [0.717, 1.165) is 0 Å². The second-order valence-electron chi connectivity index (χ2n) is 0.815. The molecule has 0 aromatic heterocycles. The molecule has 0 fully saturated rings. The van der Waals surface area contributed by atoms with Crippen molar-refractivity contribution in [1.82, 2.24) is 0 Å². The molecule has 0 radical (unpaired) electrons. The third-order valence-electron chi connectivity index (χ3n) is 0.287. The molecule has 0 aliphatic carbocycles. The molecule has 0 N–H and O–H groups in total. The molecule has 0 atom stereocenters. The first kappa shape index (κ1) is 6.05. The van der Waals surface area contributed by atoms with Crippen molar-refractivity contribution < 1.29 is 4.79 Å². The van der Waals surface area contributed by atoms with E-state index in [2.05, 4.69) is 6.58 Å². The predicted molar refractivity (Wildman–Crippen MR) is 21.0 cm³/mol. The zero-order valence-corrected chi connectivity index (χ0v) is 6.32. The summed E-state index contributed by atoms with van der Waals surface area (Å²) in [7, 11) is 0. The Morgan fingerprint density at radius 1 is 2.00 bits per heavy atom. The molecule has 5 heavy (non-hydrogen) atoms. The van der Waals surface area contributed by atoms with Gasteiger partial charge in [-0.05, 0) is 0 Å². The molecule has 0 unspecified atom stereocenters. The Balaban J connectivity index is 3.20. The van der Waals surface area contributed by atoms with Crippen LogP contribution in [0, 0.1) is 0 Å². The Hall–Kier alpha value is 1.05. The predicted octanol–water partition coefficient (Wildman–Crippen LogP) is -0.133. The van der Waals surface area contributed by atoms with Gasteiger partial charge in [0.25, 0.3) is 0 Å². The van der Waals surface area contributed by atoms with Crippen molar-refractivity contribution in [2.75, 3.05) is 0 Å². The van der Waals surface area contributed by atoms with E-state index >= 15 is 0 Å². The first-order valence-corrected chi connectivity index (χ1v) is 2.96. The van der Waals surface area contributed by atoms with Crippen LogP contribution < -0.4 is 0 Å². The molecule has 0 bridgehead atoms. The van der Waals surface area contributed by atoms with Crippen molar-refractivity contribution in [3.05, 3.63) is 12.7 Å². The molecular formula is C3H3KO. The molecule has 0 heterocycles. The molecule has 0 amide bonds. The summed E-state index contributed by atoms with van der Waals surface area (Å²) in [5.74, 6) is 0. The molecule has 0 aromatic rings. The fraction of sp³-hybridized carbons (Fsp3) is 0.